The lowest BCUT2D eigenvalue weighted by molar-refractivity contribution is 0.0204. The van der Waals surface area contributed by atoms with E-state index in [-0.39, 0.29) is 16.1 Å². The van der Waals surface area contributed by atoms with Crippen molar-refractivity contribution in [1.29, 1.82) is 0 Å². The fourth-order valence-electron chi connectivity index (χ4n) is 3.99. The number of primary sulfonamides is 1. The molecule has 0 aliphatic heterocycles. The van der Waals surface area contributed by atoms with Crippen molar-refractivity contribution in [3.05, 3.63) is 60.5 Å². The van der Waals surface area contributed by atoms with E-state index in [0.717, 1.165) is 41.9 Å². The van der Waals surface area contributed by atoms with E-state index in [9.17, 15) is 13.6 Å². The number of hydroxylamine groups is 2. The molecule has 7 nitrogen and oxygen atoms in total. The van der Waals surface area contributed by atoms with Crippen molar-refractivity contribution in [2.24, 2.45) is 5.14 Å². The number of nitrogens with zero attached hydrogens (tertiary/aromatic N) is 2. The summed E-state index contributed by atoms with van der Waals surface area (Å²) >= 11 is 6.76. The Balaban J connectivity index is 1.68. The Kier molecular flexibility index (Phi) is 7.20. The summed E-state index contributed by atoms with van der Waals surface area (Å²) in [6.07, 6.45) is 3.83. The third kappa shape index (κ3) is 5.64. The number of oxazole rings is 1. The van der Waals surface area contributed by atoms with Gasteiger partial charge in [0.25, 0.3) is 0 Å². The first-order valence-corrected chi connectivity index (χ1v) is 13.4. The molecule has 0 bridgehead atoms. The number of hydrogen-bond acceptors (Lipinski definition) is 7. The number of sulfonamides is 1. The monoisotopic (exact) mass is 503 g/mol. The third-order valence-electron chi connectivity index (χ3n) is 5.64. The SMILES string of the molecule is CN(O)C(=S)SC1CCCC(c2nc(-c3ccc(S(N)(=O)=O)cc3)c(-c3ccccc3)o2)C1. The van der Waals surface area contributed by atoms with Crippen LogP contribution in [0.2, 0.25) is 0 Å². The normalized spacial score (nSPS) is 18.8. The second-order valence-corrected chi connectivity index (χ2v) is 11.6. The molecule has 0 saturated heterocycles. The van der Waals surface area contributed by atoms with Gasteiger partial charge in [-0.1, -0.05) is 72.9 Å². The van der Waals surface area contributed by atoms with Crippen LogP contribution in [0, 0.1) is 0 Å². The molecule has 2 aromatic carbocycles. The molecule has 1 aliphatic rings. The van der Waals surface area contributed by atoms with Crippen LogP contribution in [0.1, 0.15) is 37.5 Å². The van der Waals surface area contributed by atoms with Gasteiger partial charge in [0.05, 0.1) is 4.90 Å². The maximum absolute atomic E-state index is 11.6. The molecule has 1 fully saturated rings. The van der Waals surface area contributed by atoms with Gasteiger partial charge >= 0.3 is 0 Å². The number of benzene rings is 2. The zero-order valence-electron chi connectivity index (χ0n) is 18.0. The fourth-order valence-corrected chi connectivity index (χ4v) is 5.96. The first kappa shape index (κ1) is 23.9. The van der Waals surface area contributed by atoms with Crippen LogP contribution >= 0.6 is 24.0 Å². The van der Waals surface area contributed by atoms with E-state index in [1.54, 1.807) is 12.1 Å². The van der Waals surface area contributed by atoms with Gasteiger partial charge in [0.2, 0.25) is 10.0 Å². The number of nitrogens with two attached hydrogens (primary N) is 1. The van der Waals surface area contributed by atoms with Gasteiger partial charge in [0.1, 0.15) is 5.69 Å². The van der Waals surface area contributed by atoms with Crippen LogP contribution in [0.5, 0.6) is 0 Å². The summed E-state index contributed by atoms with van der Waals surface area (Å²) in [5, 5.41) is 16.1. The largest absolute Gasteiger partial charge is 0.440 e. The number of thioether (sulfide) groups is 1. The van der Waals surface area contributed by atoms with Crippen LogP contribution in [0.25, 0.3) is 22.6 Å². The smallest absolute Gasteiger partial charge is 0.238 e. The summed E-state index contributed by atoms with van der Waals surface area (Å²) in [7, 11) is -2.25. The molecular weight excluding hydrogens is 478 g/mol. The highest BCUT2D eigenvalue weighted by Gasteiger charge is 2.30. The molecule has 1 aromatic heterocycles. The predicted octanol–water partition coefficient (Wildman–Crippen LogP) is 5.02. The molecule has 174 valence electrons. The van der Waals surface area contributed by atoms with Gasteiger partial charge < -0.3 is 4.42 Å². The number of hydrogen-bond donors (Lipinski definition) is 2. The predicted molar refractivity (Wildman–Crippen MR) is 133 cm³/mol. The number of aromatic nitrogens is 1. The highest BCUT2D eigenvalue weighted by atomic mass is 32.2. The van der Waals surface area contributed by atoms with Crippen LogP contribution in [0.4, 0.5) is 0 Å². The van der Waals surface area contributed by atoms with Gasteiger partial charge in [0.15, 0.2) is 16.0 Å². The average molecular weight is 504 g/mol. The van der Waals surface area contributed by atoms with Gasteiger partial charge in [-0.3, -0.25) is 5.21 Å². The lowest BCUT2D eigenvalue weighted by Gasteiger charge is -2.27. The lowest BCUT2D eigenvalue weighted by atomic mass is 9.89. The quantitative estimate of drug-likeness (QED) is 0.369. The number of rotatable bonds is 5. The lowest BCUT2D eigenvalue weighted by Crippen LogP contribution is -2.23. The molecule has 1 aliphatic carbocycles. The Hall–Kier alpha value is -2.24. The minimum absolute atomic E-state index is 0.0493. The van der Waals surface area contributed by atoms with Gasteiger partial charge in [-0.2, -0.15) is 0 Å². The Labute approximate surface area is 203 Å². The van der Waals surface area contributed by atoms with Crippen molar-refractivity contribution in [2.45, 2.75) is 41.7 Å². The highest BCUT2D eigenvalue weighted by Crippen LogP contribution is 2.42. The fraction of sp³-hybridized carbons (Fsp3) is 0.304. The summed E-state index contributed by atoms with van der Waals surface area (Å²) in [4.78, 5) is 4.92. The molecule has 4 rings (SSSR count). The zero-order chi connectivity index (χ0) is 23.6. The maximum atomic E-state index is 11.6. The van der Waals surface area contributed by atoms with Crippen molar-refractivity contribution in [2.75, 3.05) is 7.05 Å². The minimum atomic E-state index is -3.78. The molecule has 1 saturated carbocycles. The molecule has 2 atom stereocenters. The van der Waals surface area contributed by atoms with E-state index >= 15 is 0 Å². The summed E-state index contributed by atoms with van der Waals surface area (Å²) in [5.74, 6) is 1.44. The van der Waals surface area contributed by atoms with Crippen LogP contribution in [0.15, 0.2) is 63.9 Å². The summed E-state index contributed by atoms with van der Waals surface area (Å²) in [6.45, 7) is 0. The topological polar surface area (TPSA) is 110 Å². The molecule has 33 heavy (non-hydrogen) atoms. The zero-order valence-corrected chi connectivity index (χ0v) is 20.5. The molecule has 0 spiro atoms. The second kappa shape index (κ2) is 9.94. The minimum Gasteiger partial charge on any atom is -0.440 e. The van der Waals surface area contributed by atoms with E-state index in [0.29, 0.717) is 21.7 Å². The van der Waals surface area contributed by atoms with Crippen molar-refractivity contribution >= 4 is 38.3 Å². The van der Waals surface area contributed by atoms with Gasteiger partial charge in [-0.25, -0.2) is 23.6 Å². The standard InChI is InChI=1S/C23H25N3O4S3/c1-26(27)23(31)32-18-9-5-8-17(14-18)22-25-20(21(30-22)16-6-3-2-4-7-16)15-10-12-19(13-11-15)33(24,28)29/h2-4,6-7,10-13,17-18,27H,5,8-9,14H2,1H3,(H2,24,28,29). The van der Waals surface area contributed by atoms with E-state index in [4.69, 9.17) is 26.8 Å². The van der Waals surface area contributed by atoms with E-state index in [2.05, 4.69) is 0 Å². The molecule has 0 amide bonds. The van der Waals surface area contributed by atoms with E-state index in [1.165, 1.54) is 30.9 Å². The molecule has 3 aromatic rings. The van der Waals surface area contributed by atoms with E-state index in [1.807, 2.05) is 30.3 Å². The van der Waals surface area contributed by atoms with Gasteiger partial charge in [0, 0.05) is 29.3 Å². The Bertz CT molecular complexity index is 1230. The summed E-state index contributed by atoms with van der Waals surface area (Å²) in [6, 6.07) is 16.1. The molecule has 0 radical (unpaired) electrons. The number of thiocarbonyl (C=S) groups is 1. The average Bonchev–Trinajstić information content (AvgIpc) is 3.25. The Morgan fingerprint density at radius 3 is 2.48 bits per heavy atom. The van der Waals surface area contributed by atoms with Crippen molar-refractivity contribution in [3.63, 3.8) is 0 Å². The summed E-state index contributed by atoms with van der Waals surface area (Å²) < 4.78 is 30.1. The molecule has 10 heteroatoms. The maximum Gasteiger partial charge on any atom is 0.238 e. The first-order chi connectivity index (χ1) is 15.7. The molecule has 2 unspecified atom stereocenters. The van der Waals surface area contributed by atoms with Crippen molar-refractivity contribution in [1.82, 2.24) is 10.0 Å². The van der Waals surface area contributed by atoms with Crippen LogP contribution in [-0.4, -0.2) is 40.3 Å². The molecule has 3 N–H and O–H groups in total. The molecular formula is C23H25N3O4S3. The van der Waals surface area contributed by atoms with Crippen LogP contribution in [-0.2, 0) is 10.0 Å². The van der Waals surface area contributed by atoms with Gasteiger partial charge in [-0.15, -0.1) is 0 Å². The van der Waals surface area contributed by atoms with Crippen LogP contribution < -0.4 is 5.14 Å². The third-order valence-corrected chi connectivity index (χ3v) is 8.35. The van der Waals surface area contributed by atoms with Crippen LogP contribution in [0.3, 0.4) is 0 Å². The van der Waals surface area contributed by atoms with E-state index < -0.39 is 10.0 Å². The second-order valence-electron chi connectivity index (χ2n) is 8.06. The highest BCUT2D eigenvalue weighted by molar-refractivity contribution is 8.23. The summed E-state index contributed by atoms with van der Waals surface area (Å²) in [5.41, 5.74) is 2.31. The van der Waals surface area contributed by atoms with Crippen molar-refractivity contribution < 1.29 is 18.0 Å². The Morgan fingerprint density at radius 1 is 1.15 bits per heavy atom. The first-order valence-electron chi connectivity index (χ1n) is 10.5. The molecule has 1 heterocycles. The van der Waals surface area contributed by atoms with Crippen molar-refractivity contribution in [3.8, 4) is 22.6 Å². The Morgan fingerprint density at radius 2 is 1.85 bits per heavy atom. The van der Waals surface area contributed by atoms with Gasteiger partial charge in [-0.05, 0) is 31.4 Å².